The van der Waals surface area contributed by atoms with Gasteiger partial charge in [0, 0.05) is 6.04 Å². The van der Waals surface area contributed by atoms with E-state index in [1.165, 1.54) is 24.8 Å². The molecule has 0 aliphatic heterocycles. The highest BCUT2D eigenvalue weighted by Crippen LogP contribution is 2.30. The van der Waals surface area contributed by atoms with Crippen LogP contribution in [0.3, 0.4) is 0 Å². The van der Waals surface area contributed by atoms with Gasteiger partial charge in [0.15, 0.2) is 0 Å². The van der Waals surface area contributed by atoms with Gasteiger partial charge in [-0.05, 0) is 56.2 Å². The zero-order valence-electron chi connectivity index (χ0n) is 11.7. The van der Waals surface area contributed by atoms with Crippen LogP contribution in [-0.4, -0.2) is 12.6 Å². The standard InChI is InChI=1S/C17H25N/c1-4-9-18-17(10-13(2)3)16-11-14-7-5-6-8-15(14)12-16/h5-8,16-18H,2,4,9-12H2,1,3H3. The fourth-order valence-corrected chi connectivity index (χ4v) is 2.99. The zero-order chi connectivity index (χ0) is 13.0. The molecule has 1 aromatic carbocycles. The largest absolute Gasteiger partial charge is 0.313 e. The Hall–Kier alpha value is -1.08. The third kappa shape index (κ3) is 3.23. The van der Waals surface area contributed by atoms with Crippen molar-refractivity contribution in [3.63, 3.8) is 0 Å². The van der Waals surface area contributed by atoms with E-state index < -0.39 is 0 Å². The molecule has 1 N–H and O–H groups in total. The second kappa shape index (κ2) is 6.19. The fourth-order valence-electron chi connectivity index (χ4n) is 2.99. The summed E-state index contributed by atoms with van der Waals surface area (Å²) in [5.74, 6) is 0.741. The Morgan fingerprint density at radius 1 is 1.33 bits per heavy atom. The number of fused-ring (bicyclic) bond motifs is 1. The highest BCUT2D eigenvalue weighted by molar-refractivity contribution is 5.32. The molecule has 2 rings (SSSR count). The number of nitrogens with one attached hydrogen (secondary N) is 1. The van der Waals surface area contributed by atoms with Crippen LogP contribution in [0.4, 0.5) is 0 Å². The van der Waals surface area contributed by atoms with Crippen LogP contribution >= 0.6 is 0 Å². The third-order valence-corrected chi connectivity index (χ3v) is 3.88. The summed E-state index contributed by atoms with van der Waals surface area (Å²) in [6.07, 6.45) is 4.76. The molecule has 0 bridgehead atoms. The van der Waals surface area contributed by atoms with Crippen LogP contribution in [0.5, 0.6) is 0 Å². The zero-order valence-corrected chi connectivity index (χ0v) is 11.7. The Labute approximate surface area is 111 Å². The maximum absolute atomic E-state index is 4.08. The van der Waals surface area contributed by atoms with Gasteiger partial charge in [-0.15, -0.1) is 6.58 Å². The van der Waals surface area contributed by atoms with Crippen LogP contribution in [-0.2, 0) is 12.8 Å². The quantitative estimate of drug-likeness (QED) is 0.751. The predicted octanol–water partition coefficient (Wildman–Crippen LogP) is 3.74. The maximum Gasteiger partial charge on any atom is 0.0139 e. The summed E-state index contributed by atoms with van der Waals surface area (Å²) in [7, 11) is 0. The normalized spacial score (nSPS) is 16.6. The lowest BCUT2D eigenvalue weighted by Gasteiger charge is -2.25. The SMILES string of the molecule is C=C(C)CC(NCCC)C1Cc2ccccc2C1. The first-order valence-corrected chi connectivity index (χ1v) is 7.15. The monoisotopic (exact) mass is 243 g/mol. The Morgan fingerprint density at radius 3 is 2.44 bits per heavy atom. The lowest BCUT2D eigenvalue weighted by atomic mass is 9.91. The summed E-state index contributed by atoms with van der Waals surface area (Å²) in [5, 5.41) is 3.72. The van der Waals surface area contributed by atoms with Crippen molar-refractivity contribution >= 4 is 0 Å². The molecule has 0 fully saturated rings. The van der Waals surface area contributed by atoms with E-state index in [0.29, 0.717) is 6.04 Å². The van der Waals surface area contributed by atoms with E-state index in [1.54, 1.807) is 11.1 Å². The van der Waals surface area contributed by atoms with Crippen molar-refractivity contribution in [2.24, 2.45) is 5.92 Å². The molecule has 1 unspecified atom stereocenters. The van der Waals surface area contributed by atoms with E-state index >= 15 is 0 Å². The predicted molar refractivity (Wildman–Crippen MR) is 78.9 cm³/mol. The van der Waals surface area contributed by atoms with E-state index in [4.69, 9.17) is 0 Å². The minimum absolute atomic E-state index is 0.592. The Bertz CT molecular complexity index is 383. The molecule has 98 valence electrons. The average molecular weight is 243 g/mol. The molecule has 0 spiro atoms. The highest BCUT2D eigenvalue weighted by Gasteiger charge is 2.27. The van der Waals surface area contributed by atoms with Crippen LogP contribution in [0.2, 0.25) is 0 Å². The highest BCUT2D eigenvalue weighted by atomic mass is 14.9. The lowest BCUT2D eigenvalue weighted by molar-refractivity contribution is 0.361. The van der Waals surface area contributed by atoms with E-state index in [0.717, 1.165) is 18.9 Å². The van der Waals surface area contributed by atoms with Crippen LogP contribution < -0.4 is 5.32 Å². The second-order valence-corrected chi connectivity index (χ2v) is 5.66. The van der Waals surface area contributed by atoms with Gasteiger partial charge in [-0.25, -0.2) is 0 Å². The van der Waals surface area contributed by atoms with Gasteiger partial charge in [-0.1, -0.05) is 36.8 Å². The molecular formula is C17H25N. The van der Waals surface area contributed by atoms with Gasteiger partial charge < -0.3 is 5.32 Å². The first-order chi connectivity index (χ1) is 8.70. The maximum atomic E-state index is 4.08. The summed E-state index contributed by atoms with van der Waals surface area (Å²) >= 11 is 0. The van der Waals surface area contributed by atoms with Crippen LogP contribution in [0.1, 0.15) is 37.8 Å². The third-order valence-electron chi connectivity index (χ3n) is 3.88. The molecule has 1 heteroatoms. The summed E-state index contributed by atoms with van der Waals surface area (Å²) in [5.41, 5.74) is 4.39. The van der Waals surface area contributed by atoms with Gasteiger partial charge in [0.05, 0.1) is 0 Å². The molecule has 0 radical (unpaired) electrons. The first-order valence-electron chi connectivity index (χ1n) is 7.15. The van der Waals surface area contributed by atoms with Gasteiger partial charge >= 0.3 is 0 Å². The number of rotatable bonds is 6. The van der Waals surface area contributed by atoms with Crippen LogP contribution in [0.15, 0.2) is 36.4 Å². The lowest BCUT2D eigenvalue weighted by Crippen LogP contribution is -2.37. The molecule has 1 aromatic rings. The van der Waals surface area contributed by atoms with Crippen molar-refractivity contribution in [2.75, 3.05) is 6.54 Å². The summed E-state index contributed by atoms with van der Waals surface area (Å²) in [6.45, 7) is 9.57. The van der Waals surface area contributed by atoms with Gasteiger partial charge in [-0.2, -0.15) is 0 Å². The molecule has 1 aliphatic rings. The Kier molecular flexibility index (Phi) is 4.60. The van der Waals surface area contributed by atoms with Crippen LogP contribution in [0, 0.1) is 5.92 Å². The molecule has 1 atom stereocenters. The topological polar surface area (TPSA) is 12.0 Å². The smallest absolute Gasteiger partial charge is 0.0139 e. The molecule has 0 saturated heterocycles. The number of hydrogen-bond donors (Lipinski definition) is 1. The van der Waals surface area contributed by atoms with E-state index in [2.05, 4.69) is 50.0 Å². The average Bonchev–Trinajstić information content (AvgIpc) is 2.77. The molecule has 18 heavy (non-hydrogen) atoms. The van der Waals surface area contributed by atoms with Crippen molar-refractivity contribution in [1.82, 2.24) is 5.32 Å². The van der Waals surface area contributed by atoms with E-state index in [1.807, 2.05) is 0 Å². The number of benzene rings is 1. The van der Waals surface area contributed by atoms with Crippen molar-refractivity contribution in [3.8, 4) is 0 Å². The van der Waals surface area contributed by atoms with Gasteiger partial charge in [0.1, 0.15) is 0 Å². The summed E-state index contributed by atoms with van der Waals surface area (Å²) < 4.78 is 0. The molecule has 0 amide bonds. The molecule has 1 nitrogen and oxygen atoms in total. The first kappa shape index (κ1) is 13.4. The number of hydrogen-bond acceptors (Lipinski definition) is 1. The summed E-state index contributed by atoms with van der Waals surface area (Å²) in [6, 6.07) is 9.48. The van der Waals surface area contributed by atoms with Crippen molar-refractivity contribution < 1.29 is 0 Å². The molecule has 0 aromatic heterocycles. The Morgan fingerprint density at radius 2 is 1.94 bits per heavy atom. The minimum Gasteiger partial charge on any atom is -0.313 e. The van der Waals surface area contributed by atoms with Crippen molar-refractivity contribution in [2.45, 2.75) is 45.6 Å². The van der Waals surface area contributed by atoms with Crippen molar-refractivity contribution in [1.29, 1.82) is 0 Å². The van der Waals surface area contributed by atoms with Crippen molar-refractivity contribution in [3.05, 3.63) is 47.5 Å². The molecular weight excluding hydrogens is 218 g/mol. The minimum atomic E-state index is 0.592. The molecule has 1 aliphatic carbocycles. The van der Waals surface area contributed by atoms with Gasteiger partial charge in [0.2, 0.25) is 0 Å². The van der Waals surface area contributed by atoms with E-state index in [9.17, 15) is 0 Å². The molecule has 0 saturated carbocycles. The second-order valence-electron chi connectivity index (χ2n) is 5.66. The fraction of sp³-hybridized carbons (Fsp3) is 0.529. The van der Waals surface area contributed by atoms with Crippen LogP contribution in [0.25, 0.3) is 0 Å². The Balaban J connectivity index is 2.02. The molecule has 0 heterocycles. The van der Waals surface area contributed by atoms with Gasteiger partial charge in [-0.3, -0.25) is 0 Å². The van der Waals surface area contributed by atoms with E-state index in [-0.39, 0.29) is 0 Å². The van der Waals surface area contributed by atoms with Gasteiger partial charge in [0.25, 0.3) is 0 Å². The summed E-state index contributed by atoms with van der Waals surface area (Å²) in [4.78, 5) is 0.